The number of anilines is 3. The summed E-state index contributed by atoms with van der Waals surface area (Å²) in [5.74, 6) is 2.04. The maximum absolute atomic E-state index is 5.76. The maximum atomic E-state index is 5.76. The van der Waals surface area contributed by atoms with Crippen LogP contribution < -0.4 is 20.5 Å². The van der Waals surface area contributed by atoms with Gasteiger partial charge in [0.15, 0.2) is 11.5 Å². The van der Waals surface area contributed by atoms with Gasteiger partial charge in [-0.25, -0.2) is 9.50 Å². The van der Waals surface area contributed by atoms with Gasteiger partial charge in [0.05, 0.1) is 17.4 Å². The quantitative estimate of drug-likeness (QED) is 0.553. The van der Waals surface area contributed by atoms with E-state index in [1.54, 1.807) is 10.7 Å². The van der Waals surface area contributed by atoms with Gasteiger partial charge in [0.25, 0.3) is 0 Å². The number of aromatic nitrogens is 3. The minimum atomic E-state index is 0.220. The Morgan fingerprint density at radius 2 is 1.92 bits per heavy atom. The molecule has 2 aromatic heterocycles. The van der Waals surface area contributed by atoms with Crippen molar-refractivity contribution in [3.63, 3.8) is 0 Å². The molecule has 0 amide bonds. The summed E-state index contributed by atoms with van der Waals surface area (Å²) in [4.78, 5) is 4.76. The smallest absolute Gasteiger partial charge is 0.231 e. The molecule has 0 unspecified atom stereocenters. The third-order valence-corrected chi connectivity index (χ3v) is 4.22. The Morgan fingerprint density at radius 1 is 1.04 bits per heavy atom. The molecule has 0 saturated carbocycles. The van der Waals surface area contributed by atoms with Crippen LogP contribution in [0.4, 0.5) is 17.3 Å². The Morgan fingerprint density at radius 3 is 2.81 bits per heavy atom. The van der Waals surface area contributed by atoms with Crippen molar-refractivity contribution in [2.75, 3.05) is 17.8 Å². The van der Waals surface area contributed by atoms with Gasteiger partial charge < -0.3 is 20.5 Å². The zero-order valence-corrected chi connectivity index (χ0v) is 13.7. The molecule has 0 fully saturated rings. The van der Waals surface area contributed by atoms with Gasteiger partial charge in [-0.2, -0.15) is 5.10 Å². The highest BCUT2D eigenvalue weighted by molar-refractivity contribution is 5.76. The molecule has 0 spiro atoms. The standard InChI is InChI=1S/C19H15N5O2/c20-12-4-6-13(7-5-12)22-19-23-16(10-14-8-9-21-24(14)19)15-2-1-3-17-18(15)26-11-25-17/h1-10H,11,20H2,(H,22,23). The van der Waals surface area contributed by atoms with E-state index in [2.05, 4.69) is 10.4 Å². The van der Waals surface area contributed by atoms with E-state index in [-0.39, 0.29) is 6.79 Å². The van der Waals surface area contributed by atoms with Crippen molar-refractivity contribution in [3.8, 4) is 22.8 Å². The number of hydrogen-bond donors (Lipinski definition) is 2. The molecule has 3 heterocycles. The number of nitrogen functional groups attached to an aromatic ring is 1. The van der Waals surface area contributed by atoms with E-state index in [0.29, 0.717) is 17.4 Å². The van der Waals surface area contributed by atoms with Crippen LogP contribution in [0.1, 0.15) is 0 Å². The molecule has 7 nitrogen and oxygen atoms in total. The van der Waals surface area contributed by atoms with E-state index in [0.717, 1.165) is 28.2 Å². The Hall–Kier alpha value is -3.74. The monoisotopic (exact) mass is 345 g/mol. The molecule has 4 aromatic rings. The van der Waals surface area contributed by atoms with Gasteiger partial charge in [0.1, 0.15) is 0 Å². The molecule has 0 bridgehead atoms. The number of hydrogen-bond acceptors (Lipinski definition) is 6. The number of para-hydroxylation sites is 1. The highest BCUT2D eigenvalue weighted by atomic mass is 16.7. The molecule has 0 radical (unpaired) electrons. The lowest BCUT2D eigenvalue weighted by atomic mass is 10.1. The van der Waals surface area contributed by atoms with E-state index in [1.165, 1.54) is 0 Å². The third kappa shape index (κ3) is 2.37. The van der Waals surface area contributed by atoms with Crippen LogP contribution >= 0.6 is 0 Å². The van der Waals surface area contributed by atoms with Crippen LogP contribution in [0.25, 0.3) is 16.8 Å². The number of rotatable bonds is 3. The molecule has 3 N–H and O–H groups in total. The second-order valence-electron chi connectivity index (χ2n) is 5.92. The van der Waals surface area contributed by atoms with Crippen LogP contribution in [0, 0.1) is 0 Å². The maximum Gasteiger partial charge on any atom is 0.231 e. The topological polar surface area (TPSA) is 86.7 Å². The van der Waals surface area contributed by atoms with Crippen molar-refractivity contribution >= 4 is 22.8 Å². The van der Waals surface area contributed by atoms with E-state index in [1.807, 2.05) is 54.6 Å². The molecule has 5 rings (SSSR count). The second-order valence-corrected chi connectivity index (χ2v) is 5.92. The lowest BCUT2D eigenvalue weighted by molar-refractivity contribution is 0.174. The van der Waals surface area contributed by atoms with E-state index in [9.17, 15) is 0 Å². The lowest BCUT2D eigenvalue weighted by Gasteiger charge is -2.11. The van der Waals surface area contributed by atoms with Gasteiger partial charge in [-0.1, -0.05) is 6.07 Å². The van der Waals surface area contributed by atoms with E-state index < -0.39 is 0 Å². The SMILES string of the molecule is Nc1ccc(Nc2nc(-c3cccc4c3OCO4)cc3ccnn23)cc1. The normalized spacial score (nSPS) is 12.5. The zero-order valence-electron chi connectivity index (χ0n) is 13.7. The molecule has 0 aliphatic carbocycles. The summed E-state index contributed by atoms with van der Waals surface area (Å²) in [6, 6.07) is 17.2. The van der Waals surface area contributed by atoms with E-state index >= 15 is 0 Å². The molecule has 1 aliphatic heterocycles. The van der Waals surface area contributed by atoms with Crippen LogP contribution in [-0.4, -0.2) is 21.4 Å². The summed E-state index contributed by atoms with van der Waals surface area (Å²) < 4.78 is 12.9. The Bertz CT molecular complexity index is 1100. The first-order chi connectivity index (χ1) is 12.8. The average molecular weight is 345 g/mol. The molecule has 0 atom stereocenters. The number of benzene rings is 2. The third-order valence-electron chi connectivity index (χ3n) is 4.22. The minimum absolute atomic E-state index is 0.220. The highest BCUT2D eigenvalue weighted by Gasteiger charge is 2.20. The number of nitrogens with two attached hydrogens (primary N) is 1. The van der Waals surface area contributed by atoms with Crippen molar-refractivity contribution in [1.29, 1.82) is 0 Å². The first-order valence-electron chi connectivity index (χ1n) is 8.14. The van der Waals surface area contributed by atoms with Gasteiger partial charge in [-0.15, -0.1) is 0 Å². The van der Waals surface area contributed by atoms with Crippen LogP contribution in [0.5, 0.6) is 11.5 Å². The molecule has 7 heteroatoms. The number of nitrogens with one attached hydrogen (secondary N) is 1. The zero-order chi connectivity index (χ0) is 17.5. The van der Waals surface area contributed by atoms with Crippen molar-refractivity contribution in [3.05, 3.63) is 60.8 Å². The fraction of sp³-hybridized carbons (Fsp3) is 0.0526. The molecule has 1 aliphatic rings. The summed E-state index contributed by atoms with van der Waals surface area (Å²) in [5.41, 5.74) is 9.92. The minimum Gasteiger partial charge on any atom is -0.454 e. The molecular formula is C19H15N5O2. The summed E-state index contributed by atoms with van der Waals surface area (Å²) in [6.07, 6.45) is 1.74. The summed E-state index contributed by atoms with van der Waals surface area (Å²) in [7, 11) is 0. The fourth-order valence-electron chi connectivity index (χ4n) is 2.98. The molecule has 0 saturated heterocycles. The molecule has 2 aromatic carbocycles. The van der Waals surface area contributed by atoms with E-state index in [4.69, 9.17) is 20.2 Å². The Labute approximate surface area is 149 Å². The molecule has 26 heavy (non-hydrogen) atoms. The average Bonchev–Trinajstić information content (AvgIpc) is 3.32. The van der Waals surface area contributed by atoms with Crippen molar-refractivity contribution in [1.82, 2.24) is 14.6 Å². The van der Waals surface area contributed by atoms with Crippen LogP contribution in [0.2, 0.25) is 0 Å². The number of fused-ring (bicyclic) bond motifs is 2. The molecule has 128 valence electrons. The van der Waals surface area contributed by atoms with Gasteiger partial charge in [-0.05, 0) is 48.5 Å². The van der Waals surface area contributed by atoms with Gasteiger partial charge in [0.2, 0.25) is 12.7 Å². The highest BCUT2D eigenvalue weighted by Crippen LogP contribution is 2.41. The van der Waals surface area contributed by atoms with Crippen LogP contribution in [-0.2, 0) is 0 Å². The Kier molecular flexibility index (Phi) is 3.18. The van der Waals surface area contributed by atoms with Crippen molar-refractivity contribution in [2.24, 2.45) is 0 Å². The number of ether oxygens (including phenoxy) is 2. The van der Waals surface area contributed by atoms with Crippen LogP contribution in [0.15, 0.2) is 60.8 Å². The lowest BCUT2D eigenvalue weighted by Crippen LogP contribution is -2.04. The first-order valence-corrected chi connectivity index (χ1v) is 8.14. The molecular weight excluding hydrogens is 330 g/mol. The van der Waals surface area contributed by atoms with Crippen LogP contribution in [0.3, 0.4) is 0 Å². The summed E-state index contributed by atoms with van der Waals surface area (Å²) >= 11 is 0. The predicted octanol–water partition coefficient (Wildman–Crippen LogP) is 3.45. The first kappa shape index (κ1) is 14.6. The summed E-state index contributed by atoms with van der Waals surface area (Å²) in [6.45, 7) is 0.220. The number of nitrogens with zero attached hydrogens (tertiary/aromatic N) is 3. The second kappa shape index (κ2) is 5.66. The van der Waals surface area contributed by atoms with Gasteiger partial charge in [0, 0.05) is 16.9 Å². The largest absolute Gasteiger partial charge is 0.454 e. The fourth-order valence-corrected chi connectivity index (χ4v) is 2.98. The Balaban J connectivity index is 1.64. The van der Waals surface area contributed by atoms with Gasteiger partial charge in [-0.3, -0.25) is 0 Å². The van der Waals surface area contributed by atoms with Crippen molar-refractivity contribution < 1.29 is 9.47 Å². The summed E-state index contributed by atoms with van der Waals surface area (Å²) in [5, 5.41) is 7.65. The van der Waals surface area contributed by atoms with Crippen molar-refractivity contribution in [2.45, 2.75) is 0 Å². The predicted molar refractivity (Wildman–Crippen MR) is 98.7 cm³/mol. The van der Waals surface area contributed by atoms with Gasteiger partial charge >= 0.3 is 0 Å².